The lowest BCUT2D eigenvalue weighted by Gasteiger charge is -2.50. The van der Waals surface area contributed by atoms with Gasteiger partial charge in [0.2, 0.25) is 5.91 Å². The lowest BCUT2D eigenvalue weighted by atomic mass is 9.79. The van der Waals surface area contributed by atoms with Gasteiger partial charge in [0.1, 0.15) is 23.4 Å². The molecular formula is C29H37ClFN7O2. The number of anilines is 2. The fourth-order valence-corrected chi connectivity index (χ4v) is 5.85. The van der Waals surface area contributed by atoms with Crippen molar-refractivity contribution < 1.29 is 13.9 Å². The number of nitrogen functional groups attached to an aromatic ring is 1. The number of aromatic nitrogens is 2. The first kappa shape index (κ1) is 28.5. The van der Waals surface area contributed by atoms with E-state index in [2.05, 4.69) is 44.4 Å². The number of hydrogen-bond acceptors (Lipinski definition) is 8. The van der Waals surface area contributed by atoms with E-state index >= 15 is 4.39 Å². The van der Waals surface area contributed by atoms with Crippen molar-refractivity contribution in [3.8, 4) is 0 Å². The van der Waals surface area contributed by atoms with Crippen LogP contribution in [0.1, 0.15) is 31.7 Å². The summed E-state index contributed by atoms with van der Waals surface area (Å²) in [6.45, 7) is 5.87. The number of carbonyl (C=O) groups is 1. The largest absolute Gasteiger partial charge is 0.393 e. The first-order chi connectivity index (χ1) is 19.3. The molecule has 1 amide bonds. The highest BCUT2D eigenvalue weighted by molar-refractivity contribution is 6.32. The Morgan fingerprint density at radius 2 is 1.98 bits per heavy atom. The summed E-state index contributed by atoms with van der Waals surface area (Å²) in [6.07, 6.45) is 4.65. The van der Waals surface area contributed by atoms with Crippen LogP contribution in [0.5, 0.6) is 0 Å². The maximum Gasteiger partial charge on any atom is 0.247 e. The number of ether oxygens (including phenoxy) is 1. The van der Waals surface area contributed by atoms with Crippen molar-refractivity contribution in [2.75, 3.05) is 57.5 Å². The van der Waals surface area contributed by atoms with E-state index in [0.29, 0.717) is 50.0 Å². The molecule has 3 heterocycles. The standard InChI is InChI=1S/C29H37ClFN7O2/c1-19-17-38(11-10-37(19)2)29(28(39)33-16-20-8-12-40-13-9-20)15-23(31)22(21-6-4-3-5-7-21)14-24(29)36-27-25(32)26(30)34-18-35-27/h3-7,14,18-20H,8-13,15-17,32H2,1-2H3,(H,33,39)(H,34,35,36)/t19?,29-/m0/s1. The number of rotatable bonds is 7. The maximum absolute atomic E-state index is 16.3. The zero-order valence-electron chi connectivity index (χ0n) is 23.0. The molecule has 9 nitrogen and oxygen atoms in total. The van der Waals surface area contributed by atoms with Gasteiger partial charge < -0.3 is 26.0 Å². The molecule has 5 rings (SSSR count). The van der Waals surface area contributed by atoms with Gasteiger partial charge in [0.15, 0.2) is 11.0 Å². The molecule has 2 fully saturated rings. The minimum absolute atomic E-state index is 0.0988. The number of hydrogen-bond donors (Lipinski definition) is 3. The summed E-state index contributed by atoms with van der Waals surface area (Å²) in [6, 6.07) is 9.49. The summed E-state index contributed by atoms with van der Waals surface area (Å²) >= 11 is 6.22. The van der Waals surface area contributed by atoms with Gasteiger partial charge in [-0.25, -0.2) is 14.4 Å². The minimum Gasteiger partial charge on any atom is -0.393 e. The number of likely N-dealkylation sites (N-methyl/N-ethyl adjacent to an activating group) is 1. The molecule has 0 radical (unpaired) electrons. The van der Waals surface area contributed by atoms with Gasteiger partial charge in [0.25, 0.3) is 0 Å². The molecule has 3 aliphatic rings. The van der Waals surface area contributed by atoms with Crippen LogP contribution in [-0.2, 0) is 9.53 Å². The van der Waals surface area contributed by atoms with Crippen molar-refractivity contribution in [2.45, 2.75) is 37.8 Å². The first-order valence-electron chi connectivity index (χ1n) is 13.8. The lowest BCUT2D eigenvalue weighted by Crippen LogP contribution is -2.67. The second-order valence-electron chi connectivity index (χ2n) is 10.9. The molecule has 0 bridgehead atoms. The first-order valence-corrected chi connectivity index (χ1v) is 14.2. The quantitative estimate of drug-likeness (QED) is 0.433. The number of halogens is 2. The summed E-state index contributed by atoms with van der Waals surface area (Å²) in [7, 11) is 2.06. The van der Waals surface area contributed by atoms with E-state index in [-0.39, 0.29) is 40.9 Å². The van der Waals surface area contributed by atoms with Crippen LogP contribution in [0.15, 0.2) is 54.3 Å². The van der Waals surface area contributed by atoms with Gasteiger partial charge in [-0.2, -0.15) is 0 Å². The van der Waals surface area contributed by atoms with Gasteiger partial charge in [0, 0.05) is 63.1 Å². The van der Waals surface area contributed by atoms with E-state index in [1.165, 1.54) is 6.33 Å². The lowest BCUT2D eigenvalue weighted by molar-refractivity contribution is -0.133. The fraction of sp³-hybridized carbons (Fsp3) is 0.483. The summed E-state index contributed by atoms with van der Waals surface area (Å²) in [5, 5.41) is 6.60. The van der Waals surface area contributed by atoms with Gasteiger partial charge >= 0.3 is 0 Å². The van der Waals surface area contributed by atoms with Crippen molar-refractivity contribution in [3.63, 3.8) is 0 Å². The molecule has 11 heteroatoms. The van der Waals surface area contributed by atoms with E-state index in [1.54, 1.807) is 6.08 Å². The molecule has 2 aromatic rings. The van der Waals surface area contributed by atoms with Crippen LogP contribution in [-0.4, -0.2) is 83.7 Å². The van der Waals surface area contributed by atoms with Crippen molar-refractivity contribution in [3.05, 3.63) is 65.0 Å². The zero-order chi connectivity index (χ0) is 28.3. The average Bonchev–Trinajstić information content (AvgIpc) is 2.97. The Hall–Kier alpha value is -3.05. The van der Waals surface area contributed by atoms with E-state index in [1.807, 2.05) is 30.3 Å². The third-order valence-electron chi connectivity index (χ3n) is 8.38. The second-order valence-corrected chi connectivity index (χ2v) is 11.2. The predicted octanol–water partition coefficient (Wildman–Crippen LogP) is 3.71. The fourth-order valence-electron chi connectivity index (χ4n) is 5.71. The van der Waals surface area contributed by atoms with E-state index in [0.717, 1.165) is 24.9 Å². The molecule has 1 aromatic carbocycles. The third kappa shape index (κ3) is 5.72. The molecule has 0 saturated carbocycles. The number of allylic oxidation sites excluding steroid dienone is 2. The molecule has 2 aliphatic heterocycles. The molecule has 2 saturated heterocycles. The van der Waals surface area contributed by atoms with Crippen LogP contribution in [0.2, 0.25) is 5.15 Å². The van der Waals surface area contributed by atoms with Crippen LogP contribution >= 0.6 is 11.6 Å². The SMILES string of the molecule is CC1CN([C@@]2(C(=O)NCC3CCOCC3)CC(F)=C(c3ccccc3)C=C2Nc2ncnc(Cl)c2N)CCN1C. The van der Waals surface area contributed by atoms with Crippen LogP contribution in [0.3, 0.4) is 0 Å². The topological polar surface area (TPSA) is 109 Å². The van der Waals surface area contributed by atoms with Crippen molar-refractivity contribution in [1.82, 2.24) is 25.1 Å². The Morgan fingerprint density at radius 3 is 2.70 bits per heavy atom. The number of carbonyl (C=O) groups excluding carboxylic acids is 1. The van der Waals surface area contributed by atoms with Crippen LogP contribution in [0, 0.1) is 5.92 Å². The Balaban J connectivity index is 1.59. The summed E-state index contributed by atoms with van der Waals surface area (Å²) in [5.74, 6) is -0.0276. The Labute approximate surface area is 239 Å². The monoisotopic (exact) mass is 569 g/mol. The van der Waals surface area contributed by atoms with Crippen LogP contribution in [0.25, 0.3) is 5.57 Å². The summed E-state index contributed by atoms with van der Waals surface area (Å²) in [4.78, 5) is 27.0. The van der Waals surface area contributed by atoms with Crippen LogP contribution in [0.4, 0.5) is 15.9 Å². The van der Waals surface area contributed by atoms with E-state index < -0.39 is 5.54 Å². The zero-order valence-corrected chi connectivity index (χ0v) is 23.8. The summed E-state index contributed by atoms with van der Waals surface area (Å²) < 4.78 is 21.8. The van der Waals surface area contributed by atoms with Gasteiger partial charge in [0.05, 0.1) is 0 Å². The Bertz CT molecular complexity index is 1280. The molecule has 1 aliphatic carbocycles. The smallest absolute Gasteiger partial charge is 0.247 e. The maximum atomic E-state index is 16.3. The predicted molar refractivity (Wildman–Crippen MR) is 155 cm³/mol. The highest BCUT2D eigenvalue weighted by Crippen LogP contribution is 2.43. The molecule has 0 spiro atoms. The number of piperazine rings is 1. The second kappa shape index (κ2) is 12.2. The number of amides is 1. The summed E-state index contributed by atoms with van der Waals surface area (Å²) in [5.41, 5.74) is 6.68. The van der Waals surface area contributed by atoms with Crippen molar-refractivity contribution in [1.29, 1.82) is 0 Å². The number of nitrogens with two attached hydrogens (primary N) is 1. The van der Waals surface area contributed by atoms with Gasteiger partial charge in [-0.15, -0.1) is 0 Å². The molecule has 1 aromatic heterocycles. The normalized spacial score (nSPS) is 25.0. The van der Waals surface area contributed by atoms with E-state index in [9.17, 15) is 4.79 Å². The molecular weight excluding hydrogens is 533 g/mol. The molecule has 2 atom stereocenters. The van der Waals surface area contributed by atoms with Gasteiger partial charge in [-0.3, -0.25) is 9.69 Å². The minimum atomic E-state index is -1.35. The molecule has 214 valence electrons. The molecule has 40 heavy (non-hydrogen) atoms. The highest BCUT2D eigenvalue weighted by atomic mass is 35.5. The highest BCUT2D eigenvalue weighted by Gasteiger charge is 2.52. The number of benzene rings is 1. The van der Waals surface area contributed by atoms with E-state index in [4.69, 9.17) is 22.1 Å². The van der Waals surface area contributed by atoms with Gasteiger partial charge in [-0.05, 0) is 44.4 Å². The third-order valence-corrected chi connectivity index (χ3v) is 8.68. The Kier molecular flexibility index (Phi) is 8.70. The van der Waals surface area contributed by atoms with Crippen LogP contribution < -0.4 is 16.4 Å². The average molecular weight is 570 g/mol. The number of nitrogens with zero attached hydrogens (tertiary/aromatic N) is 4. The van der Waals surface area contributed by atoms with Crippen molar-refractivity contribution in [2.24, 2.45) is 5.92 Å². The van der Waals surface area contributed by atoms with Gasteiger partial charge in [-0.1, -0.05) is 41.9 Å². The Morgan fingerprint density at radius 1 is 1.23 bits per heavy atom. The molecule has 4 N–H and O–H groups in total. The molecule has 1 unspecified atom stereocenters. The number of nitrogens with one attached hydrogen (secondary N) is 2. The van der Waals surface area contributed by atoms with Crippen molar-refractivity contribution >= 4 is 34.6 Å².